The Morgan fingerprint density at radius 2 is 2.35 bits per heavy atom. The van der Waals surface area contributed by atoms with Gasteiger partial charge in [0.2, 0.25) is 0 Å². The molecule has 0 saturated carbocycles. The smallest absolute Gasteiger partial charge is 0.287 e. The summed E-state index contributed by atoms with van der Waals surface area (Å²) in [5.41, 5.74) is 0.591. The Morgan fingerprint density at radius 3 is 3.05 bits per heavy atom. The van der Waals surface area contributed by atoms with Gasteiger partial charge in [-0.15, -0.1) is 0 Å². The number of anilines is 1. The van der Waals surface area contributed by atoms with Gasteiger partial charge in [0.1, 0.15) is 5.02 Å². The number of unbranched alkanes of at least 4 members (excludes halogenated alkanes) is 1. The highest BCUT2D eigenvalue weighted by atomic mass is 35.5. The normalized spacial score (nSPS) is 19.4. The SMILES string of the molecule is CCCCn1ncc(N2CCCC(NC)C2)c(Cl)c1=O. The molecule has 1 N–H and O–H groups in total. The van der Waals surface area contributed by atoms with Crippen LogP contribution in [0.3, 0.4) is 0 Å². The van der Waals surface area contributed by atoms with Gasteiger partial charge in [-0.05, 0) is 26.3 Å². The number of aromatic nitrogens is 2. The number of likely N-dealkylation sites (N-methyl/N-ethyl adjacent to an activating group) is 1. The van der Waals surface area contributed by atoms with E-state index in [9.17, 15) is 4.79 Å². The molecule has 20 heavy (non-hydrogen) atoms. The van der Waals surface area contributed by atoms with Crippen molar-refractivity contribution < 1.29 is 0 Å². The van der Waals surface area contributed by atoms with Crippen LogP contribution in [0.1, 0.15) is 32.6 Å². The third kappa shape index (κ3) is 3.33. The zero-order chi connectivity index (χ0) is 14.5. The summed E-state index contributed by atoms with van der Waals surface area (Å²) < 4.78 is 1.47. The lowest BCUT2D eigenvalue weighted by Crippen LogP contribution is -2.45. The molecule has 0 radical (unpaired) electrons. The van der Waals surface area contributed by atoms with Gasteiger partial charge in [0, 0.05) is 25.7 Å². The number of aryl methyl sites for hydroxylation is 1. The lowest BCUT2D eigenvalue weighted by molar-refractivity contribution is 0.448. The first kappa shape index (κ1) is 15.3. The summed E-state index contributed by atoms with van der Waals surface area (Å²) in [4.78, 5) is 14.4. The Balaban J connectivity index is 2.20. The van der Waals surface area contributed by atoms with Crippen molar-refractivity contribution in [3.05, 3.63) is 21.6 Å². The largest absolute Gasteiger partial charge is 0.367 e. The van der Waals surface area contributed by atoms with Gasteiger partial charge in [-0.3, -0.25) is 4.79 Å². The summed E-state index contributed by atoms with van der Waals surface area (Å²) in [6.45, 7) is 4.52. The van der Waals surface area contributed by atoms with Gasteiger partial charge in [-0.25, -0.2) is 4.68 Å². The molecule has 2 rings (SSSR count). The van der Waals surface area contributed by atoms with Crippen LogP contribution >= 0.6 is 11.6 Å². The van der Waals surface area contributed by atoms with E-state index in [0.29, 0.717) is 17.6 Å². The maximum Gasteiger partial charge on any atom is 0.287 e. The van der Waals surface area contributed by atoms with Gasteiger partial charge >= 0.3 is 0 Å². The molecule has 112 valence electrons. The van der Waals surface area contributed by atoms with Crippen molar-refractivity contribution >= 4 is 17.3 Å². The summed E-state index contributed by atoms with van der Waals surface area (Å²) in [6, 6.07) is 0.447. The van der Waals surface area contributed by atoms with Crippen LogP contribution in [0.15, 0.2) is 11.0 Å². The molecule has 1 aliphatic heterocycles. The average molecular weight is 299 g/mol. The molecule has 0 aliphatic carbocycles. The third-order valence-electron chi connectivity index (χ3n) is 3.86. The molecular formula is C14H23ClN4O. The zero-order valence-electron chi connectivity index (χ0n) is 12.2. The molecule has 0 spiro atoms. The van der Waals surface area contributed by atoms with Crippen LogP contribution < -0.4 is 15.8 Å². The van der Waals surface area contributed by atoms with Crippen molar-refractivity contribution in [2.24, 2.45) is 0 Å². The van der Waals surface area contributed by atoms with E-state index >= 15 is 0 Å². The van der Waals surface area contributed by atoms with E-state index in [1.807, 2.05) is 7.05 Å². The molecule has 1 atom stereocenters. The molecule has 0 amide bonds. The second kappa shape index (κ2) is 7.09. The Kier molecular flexibility index (Phi) is 5.43. The van der Waals surface area contributed by atoms with Gasteiger partial charge in [-0.2, -0.15) is 5.10 Å². The number of nitrogens with one attached hydrogen (secondary N) is 1. The number of nitrogens with zero attached hydrogens (tertiary/aromatic N) is 3. The molecule has 1 aromatic heterocycles. The Bertz CT molecular complexity index is 502. The molecule has 1 unspecified atom stereocenters. The van der Waals surface area contributed by atoms with E-state index in [1.54, 1.807) is 6.20 Å². The molecule has 0 aromatic carbocycles. The number of piperidine rings is 1. The number of hydrogen-bond donors (Lipinski definition) is 1. The van der Waals surface area contributed by atoms with Crippen molar-refractivity contribution in [3.8, 4) is 0 Å². The van der Waals surface area contributed by atoms with Crippen LogP contribution in [-0.4, -0.2) is 36.0 Å². The number of hydrogen-bond acceptors (Lipinski definition) is 4. The fourth-order valence-electron chi connectivity index (χ4n) is 2.58. The summed E-state index contributed by atoms with van der Waals surface area (Å²) in [6.07, 6.45) is 5.96. The van der Waals surface area contributed by atoms with E-state index < -0.39 is 0 Å². The van der Waals surface area contributed by atoms with E-state index in [4.69, 9.17) is 11.6 Å². The molecule has 6 heteroatoms. The molecule has 1 aromatic rings. The summed E-state index contributed by atoms with van der Waals surface area (Å²) in [5, 5.41) is 7.85. The van der Waals surface area contributed by atoms with Crippen LogP contribution in [0, 0.1) is 0 Å². The molecule has 1 saturated heterocycles. The minimum Gasteiger partial charge on any atom is -0.367 e. The van der Waals surface area contributed by atoms with Crippen LogP contribution in [0.4, 0.5) is 5.69 Å². The van der Waals surface area contributed by atoms with Gasteiger partial charge in [0.25, 0.3) is 5.56 Å². The standard InChI is InChI=1S/C14H23ClN4O/c1-3-4-8-19-14(20)13(15)12(9-17-19)18-7-5-6-11(10-18)16-2/h9,11,16H,3-8,10H2,1-2H3. The van der Waals surface area contributed by atoms with E-state index in [2.05, 4.69) is 22.2 Å². The van der Waals surface area contributed by atoms with Crippen molar-refractivity contribution in [1.29, 1.82) is 0 Å². The zero-order valence-corrected chi connectivity index (χ0v) is 13.0. The second-order valence-electron chi connectivity index (χ2n) is 5.30. The van der Waals surface area contributed by atoms with Gasteiger partial charge in [0.15, 0.2) is 0 Å². The lowest BCUT2D eigenvalue weighted by Gasteiger charge is -2.34. The highest BCUT2D eigenvalue weighted by Crippen LogP contribution is 2.24. The third-order valence-corrected chi connectivity index (χ3v) is 4.22. The minimum absolute atomic E-state index is 0.177. The Morgan fingerprint density at radius 1 is 1.55 bits per heavy atom. The van der Waals surface area contributed by atoms with Crippen LogP contribution in [0.2, 0.25) is 5.02 Å². The van der Waals surface area contributed by atoms with Crippen molar-refractivity contribution in [1.82, 2.24) is 15.1 Å². The van der Waals surface area contributed by atoms with Crippen molar-refractivity contribution in [3.63, 3.8) is 0 Å². The van der Waals surface area contributed by atoms with Crippen LogP contribution in [0.5, 0.6) is 0 Å². The topological polar surface area (TPSA) is 50.2 Å². The lowest BCUT2D eigenvalue weighted by atomic mass is 10.1. The number of rotatable bonds is 5. The molecular weight excluding hydrogens is 276 g/mol. The van der Waals surface area contributed by atoms with Crippen molar-refractivity contribution in [2.45, 2.75) is 45.2 Å². The van der Waals surface area contributed by atoms with Gasteiger partial charge < -0.3 is 10.2 Å². The summed E-state index contributed by atoms with van der Waals surface area (Å²) >= 11 is 6.27. The van der Waals surface area contributed by atoms with E-state index in [-0.39, 0.29) is 5.56 Å². The first-order valence-corrected chi connectivity index (χ1v) is 7.73. The Hall–Kier alpha value is -1.07. The first-order valence-electron chi connectivity index (χ1n) is 7.35. The highest BCUT2D eigenvalue weighted by molar-refractivity contribution is 6.33. The van der Waals surface area contributed by atoms with E-state index in [1.165, 1.54) is 4.68 Å². The fourth-order valence-corrected chi connectivity index (χ4v) is 2.84. The first-order chi connectivity index (χ1) is 9.67. The van der Waals surface area contributed by atoms with Crippen LogP contribution in [0.25, 0.3) is 0 Å². The Labute approximate surface area is 124 Å². The highest BCUT2D eigenvalue weighted by Gasteiger charge is 2.22. The van der Waals surface area contributed by atoms with Gasteiger partial charge in [-0.1, -0.05) is 24.9 Å². The van der Waals surface area contributed by atoms with Crippen LogP contribution in [-0.2, 0) is 6.54 Å². The number of halogens is 1. The summed E-state index contributed by atoms with van der Waals surface area (Å²) in [5.74, 6) is 0. The van der Waals surface area contributed by atoms with Crippen molar-refractivity contribution in [2.75, 3.05) is 25.0 Å². The molecule has 1 fully saturated rings. The molecule has 2 heterocycles. The average Bonchev–Trinajstić information content (AvgIpc) is 2.49. The predicted molar refractivity (Wildman–Crippen MR) is 82.7 cm³/mol. The summed E-state index contributed by atoms with van der Waals surface area (Å²) in [7, 11) is 1.97. The quantitative estimate of drug-likeness (QED) is 0.902. The maximum absolute atomic E-state index is 12.2. The predicted octanol–water partition coefficient (Wildman–Crippen LogP) is 1.88. The monoisotopic (exact) mass is 298 g/mol. The van der Waals surface area contributed by atoms with E-state index in [0.717, 1.165) is 44.5 Å². The fraction of sp³-hybridized carbons (Fsp3) is 0.714. The molecule has 5 nitrogen and oxygen atoms in total. The van der Waals surface area contributed by atoms with Gasteiger partial charge in [0.05, 0.1) is 11.9 Å². The molecule has 1 aliphatic rings. The second-order valence-corrected chi connectivity index (χ2v) is 5.68. The minimum atomic E-state index is -0.177. The molecule has 0 bridgehead atoms. The maximum atomic E-state index is 12.2.